The number of nitrogens with one attached hydrogen (secondary N) is 1. The molecule has 1 N–H and O–H groups in total. The molecule has 0 saturated carbocycles. The lowest BCUT2D eigenvalue weighted by molar-refractivity contribution is 0.0465. The van der Waals surface area contributed by atoms with Crippen molar-refractivity contribution in [2.75, 3.05) is 14.2 Å². The SMILES string of the molecule is COc1ccc(-c2c(Br)[nH]c(C(=O)OCc3ccccc3)c2Br)cc1OC. The Labute approximate surface area is 173 Å². The third kappa shape index (κ3) is 4.20. The second-order valence-electron chi connectivity index (χ2n) is 5.63. The number of methoxy groups -OCH3 is 2. The molecule has 5 nitrogen and oxygen atoms in total. The first-order valence-electron chi connectivity index (χ1n) is 8.05. The van der Waals surface area contributed by atoms with Crippen LogP contribution in [0.15, 0.2) is 57.6 Å². The van der Waals surface area contributed by atoms with Gasteiger partial charge in [0, 0.05) is 5.56 Å². The molecule has 0 bridgehead atoms. The molecule has 0 atom stereocenters. The molecular weight excluding hydrogens is 478 g/mol. The van der Waals surface area contributed by atoms with Gasteiger partial charge in [-0.25, -0.2) is 4.79 Å². The molecule has 3 rings (SSSR count). The maximum absolute atomic E-state index is 12.5. The highest BCUT2D eigenvalue weighted by Gasteiger charge is 2.22. The molecule has 0 unspecified atom stereocenters. The molecule has 0 radical (unpaired) electrons. The number of carbonyl (C=O) groups is 1. The first-order valence-corrected chi connectivity index (χ1v) is 9.64. The summed E-state index contributed by atoms with van der Waals surface area (Å²) in [7, 11) is 3.16. The largest absolute Gasteiger partial charge is 0.493 e. The van der Waals surface area contributed by atoms with Gasteiger partial charge in [0.05, 0.1) is 23.3 Å². The van der Waals surface area contributed by atoms with Crippen LogP contribution < -0.4 is 9.47 Å². The summed E-state index contributed by atoms with van der Waals surface area (Å²) in [6.07, 6.45) is 0. The molecule has 27 heavy (non-hydrogen) atoms. The Bertz CT molecular complexity index is 954. The van der Waals surface area contributed by atoms with Crippen LogP contribution in [0.2, 0.25) is 0 Å². The summed E-state index contributed by atoms with van der Waals surface area (Å²) in [5.41, 5.74) is 2.91. The van der Waals surface area contributed by atoms with Crippen molar-refractivity contribution in [3.05, 3.63) is 68.9 Å². The summed E-state index contributed by atoms with van der Waals surface area (Å²) in [4.78, 5) is 15.5. The third-order valence-electron chi connectivity index (χ3n) is 3.98. The number of ether oxygens (including phenoxy) is 3. The van der Waals surface area contributed by atoms with Gasteiger partial charge in [-0.2, -0.15) is 0 Å². The molecule has 0 aliphatic heterocycles. The standard InChI is InChI=1S/C20H17Br2NO4/c1-25-14-9-8-13(10-15(14)26-2)16-17(21)18(23-19(16)22)20(24)27-11-12-6-4-3-5-7-12/h3-10,23H,11H2,1-2H3. The zero-order valence-electron chi connectivity index (χ0n) is 14.7. The Morgan fingerprint density at radius 1 is 1.00 bits per heavy atom. The Balaban J connectivity index is 1.87. The summed E-state index contributed by atoms with van der Waals surface area (Å²) < 4.78 is 17.3. The number of H-pyrrole nitrogens is 1. The molecule has 0 amide bonds. The predicted molar refractivity (Wildman–Crippen MR) is 110 cm³/mol. The number of aromatic nitrogens is 1. The van der Waals surface area contributed by atoms with E-state index in [2.05, 4.69) is 36.8 Å². The third-order valence-corrected chi connectivity index (χ3v) is 5.37. The van der Waals surface area contributed by atoms with E-state index in [1.807, 2.05) is 48.5 Å². The van der Waals surface area contributed by atoms with Crippen molar-refractivity contribution in [2.45, 2.75) is 6.61 Å². The minimum absolute atomic E-state index is 0.203. The smallest absolute Gasteiger partial charge is 0.356 e. The second-order valence-corrected chi connectivity index (χ2v) is 7.22. The first kappa shape index (κ1) is 19.5. The van der Waals surface area contributed by atoms with E-state index in [9.17, 15) is 4.79 Å². The fourth-order valence-electron chi connectivity index (χ4n) is 2.63. The van der Waals surface area contributed by atoms with Gasteiger partial charge in [0.15, 0.2) is 11.5 Å². The zero-order valence-corrected chi connectivity index (χ0v) is 17.9. The van der Waals surface area contributed by atoms with Gasteiger partial charge >= 0.3 is 5.97 Å². The number of aromatic amines is 1. The van der Waals surface area contributed by atoms with Crippen LogP contribution in [0.1, 0.15) is 16.1 Å². The highest BCUT2D eigenvalue weighted by molar-refractivity contribution is 9.11. The molecule has 0 saturated heterocycles. The lowest BCUT2D eigenvalue weighted by Crippen LogP contribution is -2.06. The monoisotopic (exact) mass is 493 g/mol. The molecular formula is C20H17Br2NO4. The predicted octanol–water partition coefficient (Wildman–Crippen LogP) is 5.58. The normalized spacial score (nSPS) is 10.5. The van der Waals surface area contributed by atoms with Crippen molar-refractivity contribution < 1.29 is 19.0 Å². The minimum atomic E-state index is -0.446. The van der Waals surface area contributed by atoms with Crippen molar-refractivity contribution in [3.63, 3.8) is 0 Å². The van der Waals surface area contributed by atoms with Gasteiger partial charge in [0.1, 0.15) is 12.3 Å². The number of esters is 1. The second kappa shape index (κ2) is 8.63. The van der Waals surface area contributed by atoms with Crippen LogP contribution in [0.4, 0.5) is 0 Å². The van der Waals surface area contributed by atoms with Crippen molar-refractivity contribution in [1.29, 1.82) is 0 Å². The molecule has 1 heterocycles. The van der Waals surface area contributed by atoms with E-state index < -0.39 is 5.97 Å². The molecule has 3 aromatic rings. The molecule has 0 spiro atoms. The van der Waals surface area contributed by atoms with Crippen LogP contribution in [-0.2, 0) is 11.3 Å². The van der Waals surface area contributed by atoms with Gasteiger partial charge in [0.2, 0.25) is 0 Å². The van der Waals surface area contributed by atoms with Gasteiger partial charge in [-0.3, -0.25) is 0 Å². The van der Waals surface area contributed by atoms with E-state index in [1.54, 1.807) is 14.2 Å². The molecule has 7 heteroatoms. The van der Waals surface area contributed by atoms with Crippen molar-refractivity contribution in [2.24, 2.45) is 0 Å². The van der Waals surface area contributed by atoms with E-state index in [4.69, 9.17) is 14.2 Å². The highest BCUT2D eigenvalue weighted by atomic mass is 79.9. The summed E-state index contributed by atoms with van der Waals surface area (Å²) in [5.74, 6) is 0.785. The fourth-order valence-corrected chi connectivity index (χ4v) is 4.21. The molecule has 140 valence electrons. The molecule has 0 aliphatic carbocycles. The van der Waals surface area contributed by atoms with E-state index >= 15 is 0 Å². The zero-order chi connectivity index (χ0) is 19.4. The number of halogens is 2. The van der Waals surface area contributed by atoms with Crippen molar-refractivity contribution in [3.8, 4) is 22.6 Å². The van der Waals surface area contributed by atoms with Crippen molar-refractivity contribution in [1.82, 2.24) is 4.98 Å². The van der Waals surface area contributed by atoms with Gasteiger partial charge in [-0.1, -0.05) is 36.4 Å². The maximum atomic E-state index is 12.5. The average Bonchev–Trinajstić information content (AvgIpc) is 3.00. The number of benzene rings is 2. The van der Waals surface area contributed by atoms with Gasteiger partial charge in [-0.05, 0) is 55.1 Å². The van der Waals surface area contributed by atoms with Crippen LogP contribution in [-0.4, -0.2) is 25.2 Å². The lowest BCUT2D eigenvalue weighted by atomic mass is 10.1. The van der Waals surface area contributed by atoms with Crippen LogP contribution >= 0.6 is 31.9 Å². The highest BCUT2D eigenvalue weighted by Crippen LogP contribution is 2.41. The van der Waals surface area contributed by atoms with Crippen molar-refractivity contribution >= 4 is 37.8 Å². The number of hydrogen-bond donors (Lipinski definition) is 1. The Morgan fingerprint density at radius 2 is 1.70 bits per heavy atom. The summed E-state index contributed by atoms with van der Waals surface area (Å²) in [5, 5.41) is 0. The van der Waals surface area contributed by atoms with E-state index in [1.165, 1.54) is 0 Å². The van der Waals surface area contributed by atoms with Crippen LogP contribution in [0.3, 0.4) is 0 Å². The van der Waals surface area contributed by atoms with Crippen LogP contribution in [0.5, 0.6) is 11.5 Å². The van der Waals surface area contributed by atoms with E-state index in [0.717, 1.165) is 16.7 Å². The van der Waals surface area contributed by atoms with Gasteiger partial charge in [-0.15, -0.1) is 0 Å². The fraction of sp³-hybridized carbons (Fsp3) is 0.150. The molecule has 0 fully saturated rings. The Kier molecular flexibility index (Phi) is 6.23. The first-order chi connectivity index (χ1) is 13.0. The number of hydrogen-bond acceptors (Lipinski definition) is 4. The maximum Gasteiger partial charge on any atom is 0.356 e. The molecule has 2 aromatic carbocycles. The van der Waals surface area contributed by atoms with E-state index in [-0.39, 0.29) is 6.61 Å². The van der Waals surface area contributed by atoms with E-state index in [0.29, 0.717) is 26.3 Å². The number of rotatable bonds is 6. The Morgan fingerprint density at radius 3 is 2.37 bits per heavy atom. The lowest BCUT2D eigenvalue weighted by Gasteiger charge is -2.09. The van der Waals surface area contributed by atoms with Gasteiger partial charge in [0.25, 0.3) is 0 Å². The average molecular weight is 495 g/mol. The summed E-state index contributed by atoms with van der Waals surface area (Å²) >= 11 is 7.00. The summed E-state index contributed by atoms with van der Waals surface area (Å²) in [6, 6.07) is 15.1. The van der Waals surface area contributed by atoms with Crippen LogP contribution in [0.25, 0.3) is 11.1 Å². The van der Waals surface area contributed by atoms with Gasteiger partial charge < -0.3 is 19.2 Å². The molecule has 1 aromatic heterocycles. The quantitative estimate of drug-likeness (QED) is 0.454. The minimum Gasteiger partial charge on any atom is -0.493 e. The summed E-state index contributed by atoms with van der Waals surface area (Å²) in [6.45, 7) is 0.203. The van der Waals surface area contributed by atoms with Crippen LogP contribution in [0, 0.1) is 0 Å². The number of carbonyl (C=O) groups excluding carboxylic acids is 1. The molecule has 0 aliphatic rings. The topological polar surface area (TPSA) is 60.6 Å². The Hall–Kier alpha value is -2.25.